The molecule has 0 saturated carbocycles. The molecular weight excluding hydrogens is 249 g/mol. The Hall–Kier alpha value is -0.590. The van der Waals surface area contributed by atoms with Crippen LogP contribution in [0.15, 0.2) is 17.5 Å². The van der Waals surface area contributed by atoms with Crippen LogP contribution in [-0.2, 0) is 0 Å². The molecule has 1 aromatic rings. The Morgan fingerprint density at radius 1 is 1.47 bits per heavy atom. The van der Waals surface area contributed by atoms with Gasteiger partial charge in [-0.05, 0) is 25.4 Å². The predicted molar refractivity (Wildman–Crippen MR) is 64.3 cm³/mol. The van der Waals surface area contributed by atoms with Crippen molar-refractivity contribution in [1.82, 2.24) is 10.2 Å². The first-order valence-corrected chi connectivity index (χ1v) is 6.29. The molecule has 0 spiro atoms. The third kappa shape index (κ3) is 5.52. The van der Waals surface area contributed by atoms with Crippen LogP contribution >= 0.6 is 11.3 Å². The monoisotopic (exact) mass is 266 g/mol. The van der Waals surface area contributed by atoms with Crippen LogP contribution in [0.4, 0.5) is 13.2 Å². The van der Waals surface area contributed by atoms with Crippen LogP contribution in [0.3, 0.4) is 0 Å². The van der Waals surface area contributed by atoms with Gasteiger partial charge in [-0.2, -0.15) is 13.2 Å². The molecule has 17 heavy (non-hydrogen) atoms. The maximum Gasteiger partial charge on any atom is 0.401 e. The lowest BCUT2D eigenvalue weighted by atomic mass is 10.2. The smallest absolute Gasteiger partial charge is 0.307 e. The summed E-state index contributed by atoms with van der Waals surface area (Å²) in [7, 11) is 1.92. The lowest BCUT2D eigenvalue weighted by Crippen LogP contribution is -2.35. The van der Waals surface area contributed by atoms with Crippen molar-refractivity contribution in [3.63, 3.8) is 0 Å². The molecule has 6 heteroatoms. The molecule has 0 saturated heterocycles. The number of hydrogen-bond acceptors (Lipinski definition) is 3. The van der Waals surface area contributed by atoms with Gasteiger partial charge in [0, 0.05) is 24.0 Å². The zero-order valence-electron chi connectivity index (χ0n) is 9.92. The fourth-order valence-corrected chi connectivity index (χ4v) is 2.27. The van der Waals surface area contributed by atoms with Gasteiger partial charge in [-0.25, -0.2) is 0 Å². The van der Waals surface area contributed by atoms with Crippen LogP contribution in [0.2, 0.25) is 0 Å². The largest absolute Gasteiger partial charge is 0.401 e. The summed E-state index contributed by atoms with van der Waals surface area (Å²) in [4.78, 5) is 3.26. The lowest BCUT2D eigenvalue weighted by Gasteiger charge is -2.24. The third-order valence-corrected chi connectivity index (χ3v) is 3.63. The van der Waals surface area contributed by atoms with Crippen LogP contribution in [0.25, 0.3) is 0 Å². The molecule has 0 amide bonds. The summed E-state index contributed by atoms with van der Waals surface area (Å²) in [5.74, 6) is 0. The van der Waals surface area contributed by atoms with Crippen molar-refractivity contribution in [3.05, 3.63) is 22.4 Å². The summed E-state index contributed by atoms with van der Waals surface area (Å²) in [5, 5.41) is 4.39. The molecule has 2 nitrogen and oxygen atoms in total. The Balaban J connectivity index is 2.23. The second-order valence-corrected chi connectivity index (χ2v) is 4.94. The standard InChI is InChI=1S/C11H17F3N2S/c1-9(10-4-3-7-17-10)16(2)6-5-15-8-11(12,13)14/h3-4,7,9,15H,5-6,8H2,1-2H3. The first-order valence-electron chi connectivity index (χ1n) is 5.41. The van der Waals surface area contributed by atoms with E-state index in [2.05, 4.69) is 12.2 Å². The molecule has 0 aliphatic rings. The van der Waals surface area contributed by atoms with Gasteiger partial charge in [-0.3, -0.25) is 4.90 Å². The number of nitrogens with zero attached hydrogens (tertiary/aromatic N) is 1. The quantitative estimate of drug-likeness (QED) is 0.796. The average Bonchev–Trinajstić information content (AvgIpc) is 2.74. The van der Waals surface area contributed by atoms with Crippen molar-refractivity contribution in [3.8, 4) is 0 Å². The predicted octanol–water partition coefficient (Wildman–Crippen LogP) is 2.89. The molecule has 0 aliphatic carbocycles. The van der Waals surface area contributed by atoms with Crippen LogP contribution in [0, 0.1) is 0 Å². The summed E-state index contributed by atoms with van der Waals surface area (Å²) in [6, 6.07) is 4.25. The van der Waals surface area contributed by atoms with E-state index in [-0.39, 0.29) is 6.04 Å². The van der Waals surface area contributed by atoms with Crippen molar-refractivity contribution in [2.45, 2.75) is 19.1 Å². The van der Waals surface area contributed by atoms with E-state index < -0.39 is 12.7 Å². The summed E-state index contributed by atoms with van der Waals surface area (Å²) < 4.78 is 35.7. The molecule has 0 radical (unpaired) electrons. The second kappa shape index (κ2) is 6.37. The van der Waals surface area contributed by atoms with E-state index in [1.807, 2.05) is 29.5 Å². The Morgan fingerprint density at radius 3 is 2.71 bits per heavy atom. The Labute approximate surface area is 103 Å². The van der Waals surface area contributed by atoms with Crippen molar-refractivity contribution in [1.29, 1.82) is 0 Å². The highest BCUT2D eigenvalue weighted by Crippen LogP contribution is 2.22. The number of rotatable bonds is 6. The highest BCUT2D eigenvalue weighted by molar-refractivity contribution is 7.10. The first-order chi connectivity index (χ1) is 7.90. The molecule has 1 atom stereocenters. The van der Waals surface area contributed by atoms with Gasteiger partial charge in [0.25, 0.3) is 0 Å². The van der Waals surface area contributed by atoms with E-state index >= 15 is 0 Å². The van der Waals surface area contributed by atoms with Gasteiger partial charge in [0.1, 0.15) is 0 Å². The number of halogens is 3. The molecule has 1 heterocycles. The average molecular weight is 266 g/mol. The van der Waals surface area contributed by atoms with Gasteiger partial charge in [0.2, 0.25) is 0 Å². The minimum absolute atomic E-state index is 0.239. The lowest BCUT2D eigenvalue weighted by molar-refractivity contribution is -0.124. The van der Waals surface area contributed by atoms with Crippen molar-refractivity contribution in [2.24, 2.45) is 0 Å². The summed E-state index contributed by atoms with van der Waals surface area (Å²) in [5.41, 5.74) is 0. The van der Waals surface area contributed by atoms with Gasteiger partial charge in [0.05, 0.1) is 6.54 Å². The molecule has 0 fully saturated rings. The van der Waals surface area contributed by atoms with Gasteiger partial charge in [-0.1, -0.05) is 6.07 Å². The molecule has 0 bridgehead atoms. The molecule has 0 aromatic carbocycles. The number of alkyl halides is 3. The normalized spacial score (nSPS) is 14.2. The van der Waals surface area contributed by atoms with Crippen molar-refractivity contribution < 1.29 is 13.2 Å². The van der Waals surface area contributed by atoms with E-state index in [1.165, 1.54) is 4.88 Å². The first kappa shape index (κ1) is 14.5. The van der Waals surface area contributed by atoms with Crippen LogP contribution in [-0.4, -0.2) is 37.8 Å². The summed E-state index contributed by atoms with van der Waals surface area (Å²) in [6.07, 6.45) is -4.13. The second-order valence-electron chi connectivity index (χ2n) is 3.96. The highest BCUT2D eigenvalue weighted by atomic mass is 32.1. The zero-order valence-corrected chi connectivity index (χ0v) is 10.7. The minimum Gasteiger partial charge on any atom is -0.307 e. The zero-order chi connectivity index (χ0) is 12.9. The van der Waals surface area contributed by atoms with E-state index in [0.29, 0.717) is 13.1 Å². The van der Waals surface area contributed by atoms with Crippen molar-refractivity contribution in [2.75, 3.05) is 26.7 Å². The summed E-state index contributed by atoms with van der Waals surface area (Å²) >= 11 is 1.66. The molecule has 1 rings (SSSR count). The Bertz CT molecular complexity index is 311. The van der Waals surface area contributed by atoms with E-state index in [4.69, 9.17) is 0 Å². The maximum atomic E-state index is 11.9. The van der Waals surface area contributed by atoms with Crippen LogP contribution < -0.4 is 5.32 Å². The molecule has 0 aliphatic heterocycles. The third-order valence-electron chi connectivity index (χ3n) is 2.58. The number of nitrogens with one attached hydrogen (secondary N) is 1. The van der Waals surface area contributed by atoms with Crippen molar-refractivity contribution >= 4 is 11.3 Å². The van der Waals surface area contributed by atoms with Crippen LogP contribution in [0.5, 0.6) is 0 Å². The van der Waals surface area contributed by atoms with E-state index in [0.717, 1.165) is 0 Å². The Kier molecular flexibility index (Phi) is 5.42. The van der Waals surface area contributed by atoms with Crippen LogP contribution in [0.1, 0.15) is 17.8 Å². The summed E-state index contributed by atoms with van der Waals surface area (Å²) in [6.45, 7) is 2.06. The van der Waals surface area contributed by atoms with Gasteiger partial charge in [-0.15, -0.1) is 11.3 Å². The molecule has 98 valence electrons. The fraction of sp³-hybridized carbons (Fsp3) is 0.636. The number of thiophene rings is 1. The highest BCUT2D eigenvalue weighted by Gasteiger charge is 2.26. The molecule has 1 aromatic heterocycles. The number of hydrogen-bond donors (Lipinski definition) is 1. The SMILES string of the molecule is CC(c1cccs1)N(C)CCNCC(F)(F)F. The molecule has 1 N–H and O–H groups in total. The van der Waals surface area contributed by atoms with E-state index in [9.17, 15) is 13.2 Å². The molecular formula is C11H17F3N2S. The topological polar surface area (TPSA) is 15.3 Å². The van der Waals surface area contributed by atoms with Gasteiger partial charge >= 0.3 is 6.18 Å². The number of likely N-dealkylation sites (N-methyl/N-ethyl adjacent to an activating group) is 1. The Morgan fingerprint density at radius 2 is 2.18 bits per heavy atom. The maximum absolute atomic E-state index is 11.9. The minimum atomic E-state index is -4.13. The van der Waals surface area contributed by atoms with E-state index in [1.54, 1.807) is 11.3 Å². The van der Waals surface area contributed by atoms with Gasteiger partial charge < -0.3 is 5.32 Å². The molecule has 1 unspecified atom stereocenters. The van der Waals surface area contributed by atoms with Gasteiger partial charge in [0.15, 0.2) is 0 Å². The fourth-order valence-electron chi connectivity index (χ4n) is 1.43.